The lowest BCUT2D eigenvalue weighted by atomic mass is 10.1. The molecule has 0 aromatic heterocycles. The Morgan fingerprint density at radius 3 is 1.50 bits per heavy atom. The lowest BCUT2D eigenvalue weighted by Gasteiger charge is -2.14. The average molecular weight is 199 g/mol. The highest BCUT2D eigenvalue weighted by atomic mass is 32.3. The van der Waals surface area contributed by atoms with E-state index >= 15 is 0 Å². The van der Waals surface area contributed by atoms with E-state index in [1.165, 1.54) is 0 Å². The second-order valence-corrected chi connectivity index (χ2v) is 3.48. The van der Waals surface area contributed by atoms with Gasteiger partial charge in [0.25, 0.3) is 0 Å². The van der Waals surface area contributed by atoms with Gasteiger partial charge in [-0.3, -0.25) is 14.5 Å². The highest BCUT2D eigenvalue weighted by Gasteiger charge is 2.12. The van der Waals surface area contributed by atoms with E-state index in [0.29, 0.717) is 0 Å². The minimum Gasteiger partial charge on any atom is -0.386 e. The molecular formula is C4H13N3O4S. The summed E-state index contributed by atoms with van der Waals surface area (Å²) >= 11 is 0. The molecule has 0 aromatic rings. The van der Waals surface area contributed by atoms with Gasteiger partial charge in [-0.1, -0.05) is 0 Å². The minimum absolute atomic E-state index is 0.0208. The third-order valence-corrected chi connectivity index (χ3v) is 0.694. The second-order valence-electron chi connectivity index (χ2n) is 2.58. The first-order valence-electron chi connectivity index (χ1n) is 2.78. The molecule has 0 unspecified atom stereocenters. The van der Waals surface area contributed by atoms with Crippen molar-refractivity contribution >= 4 is 16.2 Å². The molecule has 0 aliphatic carbocycles. The highest BCUT2D eigenvalue weighted by Crippen LogP contribution is 1.91. The number of rotatable bonds is 1. The molecule has 0 rings (SSSR count). The van der Waals surface area contributed by atoms with E-state index in [1.54, 1.807) is 13.8 Å². The van der Waals surface area contributed by atoms with E-state index < -0.39 is 15.9 Å². The van der Waals surface area contributed by atoms with Gasteiger partial charge in [0, 0.05) is 0 Å². The zero-order chi connectivity index (χ0) is 10.6. The van der Waals surface area contributed by atoms with Crippen molar-refractivity contribution in [3.8, 4) is 0 Å². The number of nitrogens with one attached hydrogen (secondary N) is 1. The second kappa shape index (κ2) is 4.36. The Balaban J connectivity index is 0. The molecule has 0 saturated carbocycles. The van der Waals surface area contributed by atoms with Crippen LogP contribution in [-0.2, 0) is 10.4 Å². The van der Waals surface area contributed by atoms with Crippen LogP contribution in [0.2, 0.25) is 0 Å². The third kappa shape index (κ3) is 22.8. The topological polar surface area (TPSA) is 150 Å². The highest BCUT2D eigenvalue weighted by molar-refractivity contribution is 7.79. The molecule has 0 radical (unpaired) electrons. The van der Waals surface area contributed by atoms with Gasteiger partial charge in [0.05, 0.1) is 5.54 Å². The largest absolute Gasteiger partial charge is 0.394 e. The molecule has 0 atom stereocenters. The zero-order valence-electron chi connectivity index (χ0n) is 6.77. The van der Waals surface area contributed by atoms with Gasteiger partial charge < -0.3 is 11.5 Å². The van der Waals surface area contributed by atoms with Gasteiger partial charge in [0.1, 0.15) is 5.84 Å². The van der Waals surface area contributed by atoms with Crippen molar-refractivity contribution < 1.29 is 17.5 Å². The van der Waals surface area contributed by atoms with Gasteiger partial charge in [0.2, 0.25) is 0 Å². The number of amidine groups is 1. The summed E-state index contributed by atoms with van der Waals surface area (Å²) in [5.41, 5.74) is 9.72. The molecule has 7 nitrogen and oxygen atoms in total. The summed E-state index contributed by atoms with van der Waals surface area (Å²) in [7, 11) is -4.67. The molecule has 0 spiro atoms. The lowest BCUT2D eigenvalue weighted by Crippen LogP contribution is -2.45. The van der Waals surface area contributed by atoms with Crippen molar-refractivity contribution in [3.05, 3.63) is 0 Å². The molecule has 12 heavy (non-hydrogen) atoms. The monoisotopic (exact) mass is 199 g/mol. The van der Waals surface area contributed by atoms with Crippen molar-refractivity contribution in [2.24, 2.45) is 11.5 Å². The summed E-state index contributed by atoms with van der Waals surface area (Å²) in [6, 6.07) is 0. The SMILES string of the molecule is CC(C)(N)C(=N)N.O=S(=O)(O)O. The maximum Gasteiger partial charge on any atom is 0.394 e. The van der Waals surface area contributed by atoms with E-state index in [1.807, 2.05) is 0 Å². The number of hydrogen-bond donors (Lipinski definition) is 5. The molecule has 0 heterocycles. The molecule has 0 fully saturated rings. The van der Waals surface area contributed by atoms with Gasteiger partial charge >= 0.3 is 10.4 Å². The molecule has 0 amide bonds. The van der Waals surface area contributed by atoms with Crippen LogP contribution in [0.15, 0.2) is 0 Å². The first kappa shape index (κ1) is 13.9. The molecule has 0 aliphatic heterocycles. The van der Waals surface area contributed by atoms with E-state index in [4.69, 9.17) is 34.4 Å². The van der Waals surface area contributed by atoms with Crippen LogP contribution >= 0.6 is 0 Å². The standard InChI is InChI=1S/C4H11N3.H2O4S/c1-4(2,7)3(5)6;1-5(2,3)4/h7H2,1-2H3,(H3,5,6);(H2,1,2,3,4). The Morgan fingerprint density at radius 2 is 1.50 bits per heavy atom. The Hall–Kier alpha value is -0.700. The van der Waals surface area contributed by atoms with Crippen molar-refractivity contribution in [1.82, 2.24) is 0 Å². The Labute approximate surface area is 70.8 Å². The van der Waals surface area contributed by atoms with Crippen molar-refractivity contribution in [1.29, 1.82) is 5.41 Å². The molecule has 74 valence electrons. The maximum absolute atomic E-state index is 8.74. The molecular weight excluding hydrogens is 186 g/mol. The predicted octanol–water partition coefficient (Wildman–Crippen LogP) is -0.993. The summed E-state index contributed by atoms with van der Waals surface area (Å²) in [4.78, 5) is 0. The summed E-state index contributed by atoms with van der Waals surface area (Å²) in [6.45, 7) is 3.38. The molecule has 0 bridgehead atoms. The Kier molecular flexibility index (Phi) is 5.03. The fourth-order valence-corrected chi connectivity index (χ4v) is 0. The van der Waals surface area contributed by atoms with Crippen LogP contribution in [0.4, 0.5) is 0 Å². The van der Waals surface area contributed by atoms with Crippen LogP contribution in [-0.4, -0.2) is 28.9 Å². The lowest BCUT2D eigenvalue weighted by molar-refractivity contribution is 0.381. The van der Waals surface area contributed by atoms with E-state index in [0.717, 1.165) is 0 Å². The first-order valence-corrected chi connectivity index (χ1v) is 4.17. The average Bonchev–Trinajstić information content (AvgIpc) is 1.55. The van der Waals surface area contributed by atoms with Crippen LogP contribution in [0.3, 0.4) is 0 Å². The fourth-order valence-electron chi connectivity index (χ4n) is 0. The van der Waals surface area contributed by atoms with Crippen molar-refractivity contribution in [3.63, 3.8) is 0 Å². The predicted molar refractivity (Wildman–Crippen MR) is 44.4 cm³/mol. The van der Waals surface area contributed by atoms with Crippen molar-refractivity contribution in [2.45, 2.75) is 19.4 Å². The summed E-state index contributed by atoms with van der Waals surface area (Å²) in [5.74, 6) is 0.0208. The van der Waals surface area contributed by atoms with Gasteiger partial charge in [-0.05, 0) is 13.8 Å². The summed E-state index contributed by atoms with van der Waals surface area (Å²) in [6.07, 6.45) is 0. The van der Waals surface area contributed by atoms with Gasteiger partial charge in [-0.15, -0.1) is 0 Å². The number of hydrogen-bond acceptors (Lipinski definition) is 4. The molecule has 8 heteroatoms. The van der Waals surface area contributed by atoms with Gasteiger partial charge in [-0.25, -0.2) is 0 Å². The van der Waals surface area contributed by atoms with E-state index in [-0.39, 0.29) is 5.84 Å². The summed E-state index contributed by atoms with van der Waals surface area (Å²) < 4.78 is 31.6. The molecule has 7 N–H and O–H groups in total. The fraction of sp³-hybridized carbons (Fsp3) is 0.750. The maximum atomic E-state index is 8.74. The van der Waals surface area contributed by atoms with Crippen LogP contribution in [0.1, 0.15) is 13.8 Å². The number of nitrogens with two attached hydrogens (primary N) is 2. The molecule has 0 aliphatic rings. The normalized spacial score (nSPS) is 11.4. The van der Waals surface area contributed by atoms with Gasteiger partial charge in [0.15, 0.2) is 0 Å². The van der Waals surface area contributed by atoms with E-state index in [9.17, 15) is 0 Å². The molecule has 0 aromatic carbocycles. The van der Waals surface area contributed by atoms with Crippen LogP contribution in [0.25, 0.3) is 0 Å². The molecule has 0 saturated heterocycles. The minimum atomic E-state index is -4.67. The summed E-state index contributed by atoms with van der Waals surface area (Å²) in [5, 5.41) is 6.80. The Bertz CT molecular complexity index is 232. The smallest absolute Gasteiger partial charge is 0.386 e. The first-order chi connectivity index (χ1) is 4.94. The Morgan fingerprint density at radius 1 is 1.42 bits per heavy atom. The van der Waals surface area contributed by atoms with Crippen LogP contribution in [0, 0.1) is 5.41 Å². The van der Waals surface area contributed by atoms with E-state index in [2.05, 4.69) is 0 Å². The quantitative estimate of drug-likeness (QED) is 0.208. The van der Waals surface area contributed by atoms with Crippen LogP contribution < -0.4 is 11.5 Å². The van der Waals surface area contributed by atoms with Gasteiger partial charge in [-0.2, -0.15) is 8.42 Å². The zero-order valence-corrected chi connectivity index (χ0v) is 7.59. The third-order valence-electron chi connectivity index (χ3n) is 0.694. The van der Waals surface area contributed by atoms with Crippen molar-refractivity contribution in [2.75, 3.05) is 0 Å². The van der Waals surface area contributed by atoms with Crippen LogP contribution in [0.5, 0.6) is 0 Å².